The standard InChI is InChI=1S/C11H13F2NO3S/c1-6(18(16,17)7(2)11(14)15)10-8(12)4-3-5-9(10)13/h3-7H,1-2H3,(H2,14,15)/t6-,7-/m0/s1. The number of hydrogen-bond acceptors (Lipinski definition) is 3. The molecule has 4 nitrogen and oxygen atoms in total. The number of halogens is 2. The van der Waals surface area contributed by atoms with Crippen molar-refractivity contribution in [2.24, 2.45) is 5.73 Å². The molecule has 0 saturated carbocycles. The molecule has 2 N–H and O–H groups in total. The highest BCUT2D eigenvalue weighted by atomic mass is 32.2. The monoisotopic (exact) mass is 277 g/mol. The molecule has 0 aliphatic carbocycles. The normalized spacial score (nSPS) is 15.1. The van der Waals surface area contributed by atoms with Gasteiger partial charge in [0.1, 0.15) is 16.9 Å². The molecule has 0 aromatic heterocycles. The topological polar surface area (TPSA) is 77.2 Å². The van der Waals surface area contributed by atoms with E-state index in [4.69, 9.17) is 5.73 Å². The van der Waals surface area contributed by atoms with Gasteiger partial charge in [-0.25, -0.2) is 17.2 Å². The summed E-state index contributed by atoms with van der Waals surface area (Å²) in [7, 11) is -4.09. The minimum Gasteiger partial charge on any atom is -0.369 e. The first-order valence-corrected chi connectivity index (χ1v) is 6.76. The van der Waals surface area contributed by atoms with Crippen molar-refractivity contribution in [3.63, 3.8) is 0 Å². The van der Waals surface area contributed by atoms with Crippen LogP contribution in [-0.2, 0) is 14.6 Å². The summed E-state index contributed by atoms with van der Waals surface area (Å²) in [5, 5.41) is -2.99. The van der Waals surface area contributed by atoms with Gasteiger partial charge >= 0.3 is 0 Å². The van der Waals surface area contributed by atoms with Crippen LogP contribution in [0.1, 0.15) is 24.7 Å². The average molecular weight is 277 g/mol. The van der Waals surface area contributed by atoms with E-state index in [9.17, 15) is 22.0 Å². The summed E-state index contributed by atoms with van der Waals surface area (Å²) in [6, 6.07) is 3.05. The molecule has 0 spiro atoms. The molecule has 1 amide bonds. The first-order chi connectivity index (χ1) is 8.19. The number of sulfone groups is 1. The van der Waals surface area contributed by atoms with Crippen LogP contribution in [0.3, 0.4) is 0 Å². The highest BCUT2D eigenvalue weighted by Gasteiger charge is 2.35. The van der Waals surface area contributed by atoms with Crippen molar-refractivity contribution in [3.05, 3.63) is 35.4 Å². The van der Waals surface area contributed by atoms with Gasteiger partial charge in [-0.05, 0) is 26.0 Å². The Morgan fingerprint density at radius 2 is 1.67 bits per heavy atom. The smallest absolute Gasteiger partial charge is 0.235 e. The summed E-state index contributed by atoms with van der Waals surface area (Å²) in [5.41, 5.74) is 4.33. The molecule has 100 valence electrons. The van der Waals surface area contributed by atoms with E-state index in [1.807, 2.05) is 0 Å². The number of primary amides is 1. The predicted octanol–water partition coefficient (Wildman–Crippen LogP) is 1.31. The van der Waals surface area contributed by atoms with E-state index in [1.54, 1.807) is 0 Å². The van der Waals surface area contributed by atoms with Gasteiger partial charge in [-0.3, -0.25) is 4.79 Å². The lowest BCUT2D eigenvalue weighted by atomic mass is 10.1. The van der Waals surface area contributed by atoms with Crippen LogP contribution >= 0.6 is 0 Å². The maximum Gasteiger partial charge on any atom is 0.235 e. The second kappa shape index (κ2) is 5.01. The molecular formula is C11H13F2NO3S. The number of hydrogen-bond donors (Lipinski definition) is 1. The molecule has 0 bridgehead atoms. The first kappa shape index (κ1) is 14.6. The highest BCUT2D eigenvalue weighted by Crippen LogP contribution is 2.29. The van der Waals surface area contributed by atoms with E-state index in [0.717, 1.165) is 32.0 Å². The Labute approximate surface area is 104 Å². The molecule has 7 heteroatoms. The van der Waals surface area contributed by atoms with Gasteiger partial charge in [-0.15, -0.1) is 0 Å². The third-order valence-electron chi connectivity index (χ3n) is 2.79. The summed E-state index contributed by atoms with van der Waals surface area (Å²) < 4.78 is 50.8. The van der Waals surface area contributed by atoms with Crippen LogP contribution in [0, 0.1) is 11.6 Å². The molecule has 2 atom stereocenters. The van der Waals surface area contributed by atoms with E-state index >= 15 is 0 Å². The number of carbonyl (C=O) groups excluding carboxylic acids is 1. The summed E-state index contributed by atoms with van der Waals surface area (Å²) in [6.45, 7) is 2.21. The Bertz CT molecular complexity index is 551. The summed E-state index contributed by atoms with van der Waals surface area (Å²) in [4.78, 5) is 10.9. The third kappa shape index (κ3) is 2.50. The number of nitrogens with two attached hydrogens (primary N) is 1. The molecule has 0 heterocycles. The molecule has 0 saturated heterocycles. The fourth-order valence-corrected chi connectivity index (χ4v) is 3.02. The van der Waals surface area contributed by atoms with Gasteiger partial charge in [0.2, 0.25) is 5.91 Å². The Hall–Kier alpha value is -1.50. The van der Waals surface area contributed by atoms with Crippen LogP contribution in [0.25, 0.3) is 0 Å². The highest BCUT2D eigenvalue weighted by molar-refractivity contribution is 7.93. The first-order valence-electron chi connectivity index (χ1n) is 5.15. The Morgan fingerprint density at radius 1 is 1.22 bits per heavy atom. The van der Waals surface area contributed by atoms with Crippen LogP contribution in [-0.4, -0.2) is 19.6 Å². The minimum atomic E-state index is -4.09. The average Bonchev–Trinajstić information content (AvgIpc) is 2.27. The SMILES string of the molecule is C[C@@H](C(N)=O)S(=O)(=O)[C@@H](C)c1c(F)cccc1F. The zero-order chi connectivity index (χ0) is 14.1. The van der Waals surface area contributed by atoms with Crippen molar-refractivity contribution in [3.8, 4) is 0 Å². The van der Waals surface area contributed by atoms with E-state index in [-0.39, 0.29) is 0 Å². The third-order valence-corrected chi connectivity index (χ3v) is 5.23. The van der Waals surface area contributed by atoms with Gasteiger partial charge in [0.05, 0.1) is 5.25 Å². The van der Waals surface area contributed by atoms with Gasteiger partial charge in [0.25, 0.3) is 0 Å². The van der Waals surface area contributed by atoms with Gasteiger partial charge in [0.15, 0.2) is 9.84 Å². The summed E-state index contributed by atoms with van der Waals surface area (Å²) in [5.74, 6) is -3.00. The van der Waals surface area contributed by atoms with E-state index < -0.39 is 43.4 Å². The van der Waals surface area contributed by atoms with Gasteiger partial charge in [0, 0.05) is 5.56 Å². The summed E-state index contributed by atoms with van der Waals surface area (Å²) >= 11 is 0. The van der Waals surface area contributed by atoms with Crippen LogP contribution in [0.15, 0.2) is 18.2 Å². The zero-order valence-electron chi connectivity index (χ0n) is 9.85. The molecule has 1 rings (SSSR count). The van der Waals surface area contributed by atoms with E-state index in [1.165, 1.54) is 0 Å². The van der Waals surface area contributed by atoms with Crippen LogP contribution in [0.5, 0.6) is 0 Å². The van der Waals surface area contributed by atoms with Crippen LogP contribution in [0.2, 0.25) is 0 Å². The fraction of sp³-hybridized carbons (Fsp3) is 0.364. The second-order valence-electron chi connectivity index (χ2n) is 3.91. The van der Waals surface area contributed by atoms with Crippen molar-refractivity contribution in [2.45, 2.75) is 24.3 Å². The van der Waals surface area contributed by atoms with E-state index in [0.29, 0.717) is 0 Å². The van der Waals surface area contributed by atoms with Gasteiger partial charge in [-0.1, -0.05) is 6.07 Å². The molecule has 1 aromatic rings. The Morgan fingerprint density at radius 3 is 2.06 bits per heavy atom. The predicted molar refractivity (Wildman–Crippen MR) is 62.3 cm³/mol. The van der Waals surface area contributed by atoms with Crippen molar-refractivity contribution >= 4 is 15.7 Å². The number of carbonyl (C=O) groups is 1. The lowest BCUT2D eigenvalue weighted by Gasteiger charge is -2.17. The molecular weight excluding hydrogens is 264 g/mol. The lowest BCUT2D eigenvalue weighted by molar-refractivity contribution is -0.117. The maximum atomic E-state index is 13.5. The van der Waals surface area contributed by atoms with Crippen molar-refractivity contribution in [1.29, 1.82) is 0 Å². The van der Waals surface area contributed by atoms with Gasteiger partial charge in [-0.2, -0.15) is 0 Å². The quantitative estimate of drug-likeness (QED) is 0.901. The molecule has 0 unspecified atom stereocenters. The molecule has 0 radical (unpaired) electrons. The maximum absolute atomic E-state index is 13.5. The molecule has 0 aliphatic heterocycles. The molecule has 1 aromatic carbocycles. The van der Waals surface area contributed by atoms with Crippen molar-refractivity contribution in [2.75, 3.05) is 0 Å². The van der Waals surface area contributed by atoms with Gasteiger partial charge < -0.3 is 5.73 Å². The Balaban J connectivity index is 3.31. The number of benzene rings is 1. The molecule has 18 heavy (non-hydrogen) atoms. The van der Waals surface area contributed by atoms with Crippen molar-refractivity contribution in [1.82, 2.24) is 0 Å². The fourth-order valence-electron chi connectivity index (χ4n) is 1.53. The number of rotatable bonds is 4. The largest absolute Gasteiger partial charge is 0.369 e. The Kier molecular flexibility index (Phi) is 4.05. The molecule has 0 fully saturated rings. The lowest BCUT2D eigenvalue weighted by Crippen LogP contribution is -2.35. The zero-order valence-corrected chi connectivity index (χ0v) is 10.7. The summed E-state index contributed by atoms with van der Waals surface area (Å²) in [6.07, 6.45) is 0. The van der Waals surface area contributed by atoms with Crippen molar-refractivity contribution < 1.29 is 22.0 Å². The van der Waals surface area contributed by atoms with E-state index in [2.05, 4.69) is 0 Å². The van der Waals surface area contributed by atoms with Crippen LogP contribution in [0.4, 0.5) is 8.78 Å². The molecule has 0 aliphatic rings. The van der Waals surface area contributed by atoms with Crippen LogP contribution < -0.4 is 5.73 Å². The minimum absolute atomic E-state index is 0.578. The number of amides is 1. The second-order valence-corrected chi connectivity index (χ2v) is 6.50.